The molecule has 25 heavy (non-hydrogen) atoms. The van der Waals surface area contributed by atoms with Crippen molar-refractivity contribution in [3.05, 3.63) is 41.5 Å². The third-order valence-electron chi connectivity index (χ3n) is 3.37. The number of aromatic nitrogens is 3. The van der Waals surface area contributed by atoms with E-state index in [1.807, 2.05) is 39.0 Å². The average molecular weight is 344 g/mol. The molecule has 0 saturated carbocycles. The van der Waals surface area contributed by atoms with Crippen molar-refractivity contribution >= 4 is 12.0 Å². The fourth-order valence-electron chi connectivity index (χ4n) is 2.18. The Hall–Kier alpha value is -2.83. The zero-order valence-electron chi connectivity index (χ0n) is 15.2. The van der Waals surface area contributed by atoms with E-state index in [4.69, 9.17) is 9.47 Å². The normalized spacial score (nSPS) is 11.1. The van der Waals surface area contributed by atoms with Crippen LogP contribution in [0.15, 0.2) is 24.3 Å². The standard InChI is InChI=1S/C18H24N4O3/c1-12(2)25-15-8-6-14(10-16(15)24-5)7-9-18(23)22(4)11-17-19-13(3)20-21-17/h6-10,12H,11H2,1-5H3,(H,19,20,21)/b9-7+. The van der Waals surface area contributed by atoms with Crippen molar-refractivity contribution in [2.45, 2.75) is 33.4 Å². The van der Waals surface area contributed by atoms with Gasteiger partial charge >= 0.3 is 0 Å². The molecule has 1 N–H and O–H groups in total. The Morgan fingerprint density at radius 3 is 2.72 bits per heavy atom. The minimum absolute atomic E-state index is 0.0600. The Bertz CT molecular complexity index is 753. The topological polar surface area (TPSA) is 80.3 Å². The van der Waals surface area contributed by atoms with Gasteiger partial charge in [-0.2, -0.15) is 5.10 Å². The number of benzene rings is 1. The van der Waals surface area contributed by atoms with Crippen LogP contribution >= 0.6 is 0 Å². The molecule has 0 saturated heterocycles. The van der Waals surface area contributed by atoms with E-state index in [1.54, 1.807) is 25.1 Å². The molecular formula is C18H24N4O3. The van der Waals surface area contributed by atoms with Crippen LogP contribution in [-0.4, -0.2) is 46.2 Å². The molecule has 2 rings (SSSR count). The summed E-state index contributed by atoms with van der Waals surface area (Å²) in [7, 11) is 3.30. The fraction of sp³-hybridized carbons (Fsp3) is 0.389. The van der Waals surface area contributed by atoms with Gasteiger partial charge in [-0.15, -0.1) is 0 Å². The lowest BCUT2D eigenvalue weighted by Crippen LogP contribution is -2.24. The molecule has 0 aliphatic carbocycles. The van der Waals surface area contributed by atoms with Gasteiger partial charge in [-0.1, -0.05) is 6.07 Å². The third kappa shape index (κ3) is 5.34. The second kappa shape index (κ2) is 8.32. The number of aryl methyl sites for hydroxylation is 1. The second-order valence-electron chi connectivity index (χ2n) is 5.94. The van der Waals surface area contributed by atoms with Crippen molar-refractivity contribution in [1.29, 1.82) is 0 Å². The van der Waals surface area contributed by atoms with E-state index < -0.39 is 0 Å². The number of amides is 1. The van der Waals surface area contributed by atoms with E-state index in [-0.39, 0.29) is 12.0 Å². The molecule has 1 amide bonds. The van der Waals surface area contributed by atoms with Crippen LogP contribution in [0.4, 0.5) is 0 Å². The van der Waals surface area contributed by atoms with Gasteiger partial charge in [0.2, 0.25) is 5.91 Å². The fourth-order valence-corrected chi connectivity index (χ4v) is 2.18. The van der Waals surface area contributed by atoms with Crippen LogP contribution in [0.1, 0.15) is 31.1 Å². The summed E-state index contributed by atoms with van der Waals surface area (Å²) in [5, 5.41) is 6.79. The zero-order valence-corrected chi connectivity index (χ0v) is 15.2. The summed E-state index contributed by atoms with van der Waals surface area (Å²) in [6.07, 6.45) is 3.31. The van der Waals surface area contributed by atoms with Gasteiger partial charge in [0.1, 0.15) is 5.82 Å². The third-order valence-corrected chi connectivity index (χ3v) is 3.37. The summed E-state index contributed by atoms with van der Waals surface area (Å²) in [5.74, 6) is 2.48. The number of ether oxygens (including phenoxy) is 2. The molecule has 1 aromatic carbocycles. The number of carbonyl (C=O) groups is 1. The van der Waals surface area contributed by atoms with Gasteiger partial charge in [0.15, 0.2) is 17.3 Å². The van der Waals surface area contributed by atoms with E-state index in [1.165, 1.54) is 6.08 Å². The SMILES string of the molecule is COc1cc(/C=C/C(=O)N(C)Cc2n[nH]c(C)n2)ccc1OC(C)C. The van der Waals surface area contributed by atoms with Crippen LogP contribution in [0.25, 0.3) is 6.08 Å². The van der Waals surface area contributed by atoms with Gasteiger partial charge < -0.3 is 14.4 Å². The number of nitrogens with one attached hydrogen (secondary N) is 1. The summed E-state index contributed by atoms with van der Waals surface area (Å²) in [6, 6.07) is 5.55. The van der Waals surface area contributed by atoms with Crippen LogP contribution in [0.2, 0.25) is 0 Å². The second-order valence-corrected chi connectivity index (χ2v) is 5.94. The first-order valence-electron chi connectivity index (χ1n) is 8.04. The van der Waals surface area contributed by atoms with Crippen molar-refractivity contribution in [3.63, 3.8) is 0 Å². The highest BCUT2D eigenvalue weighted by molar-refractivity contribution is 5.91. The van der Waals surface area contributed by atoms with Crippen LogP contribution < -0.4 is 9.47 Å². The molecule has 0 bridgehead atoms. The number of H-pyrrole nitrogens is 1. The molecule has 134 valence electrons. The molecule has 0 radical (unpaired) electrons. The molecule has 0 aliphatic rings. The van der Waals surface area contributed by atoms with E-state index >= 15 is 0 Å². The molecule has 0 spiro atoms. The number of carbonyl (C=O) groups excluding carboxylic acids is 1. The lowest BCUT2D eigenvalue weighted by atomic mass is 10.2. The number of aromatic amines is 1. The number of hydrogen-bond donors (Lipinski definition) is 1. The van der Waals surface area contributed by atoms with Gasteiger partial charge in [0.25, 0.3) is 0 Å². The molecule has 0 unspecified atom stereocenters. The Kier molecular flexibility index (Phi) is 6.16. The van der Waals surface area contributed by atoms with E-state index in [0.717, 1.165) is 11.4 Å². The molecule has 0 atom stereocenters. The van der Waals surface area contributed by atoms with E-state index in [0.29, 0.717) is 23.9 Å². The van der Waals surface area contributed by atoms with Crippen molar-refractivity contribution in [2.24, 2.45) is 0 Å². The maximum absolute atomic E-state index is 12.2. The van der Waals surface area contributed by atoms with E-state index in [2.05, 4.69) is 15.2 Å². The Morgan fingerprint density at radius 1 is 1.36 bits per heavy atom. The zero-order chi connectivity index (χ0) is 18.4. The highest BCUT2D eigenvalue weighted by Crippen LogP contribution is 2.29. The lowest BCUT2D eigenvalue weighted by Gasteiger charge is -2.14. The van der Waals surface area contributed by atoms with Crippen molar-refractivity contribution in [2.75, 3.05) is 14.2 Å². The summed E-state index contributed by atoms with van der Waals surface area (Å²) in [4.78, 5) is 18.0. The van der Waals surface area contributed by atoms with Crippen LogP contribution in [0.3, 0.4) is 0 Å². The van der Waals surface area contributed by atoms with Crippen LogP contribution in [0.5, 0.6) is 11.5 Å². The highest BCUT2D eigenvalue weighted by atomic mass is 16.5. The maximum Gasteiger partial charge on any atom is 0.246 e. The monoisotopic (exact) mass is 344 g/mol. The van der Waals surface area contributed by atoms with Crippen molar-refractivity contribution in [3.8, 4) is 11.5 Å². The molecule has 0 fully saturated rings. The number of rotatable bonds is 7. The van der Waals surface area contributed by atoms with Crippen molar-refractivity contribution < 1.29 is 14.3 Å². The molecular weight excluding hydrogens is 320 g/mol. The molecule has 1 heterocycles. The highest BCUT2D eigenvalue weighted by Gasteiger charge is 2.10. The summed E-state index contributed by atoms with van der Waals surface area (Å²) < 4.78 is 11.0. The summed E-state index contributed by atoms with van der Waals surface area (Å²) >= 11 is 0. The first kappa shape index (κ1) is 18.5. The molecule has 7 nitrogen and oxygen atoms in total. The summed E-state index contributed by atoms with van der Waals surface area (Å²) in [6.45, 7) is 6.07. The Balaban J connectivity index is 2.03. The van der Waals surface area contributed by atoms with Gasteiger partial charge in [0.05, 0.1) is 19.8 Å². The van der Waals surface area contributed by atoms with Gasteiger partial charge in [-0.25, -0.2) is 4.98 Å². The predicted molar refractivity (Wildman–Crippen MR) is 95.4 cm³/mol. The average Bonchev–Trinajstić information content (AvgIpc) is 2.97. The predicted octanol–water partition coefficient (Wildman–Crippen LogP) is 2.58. The number of likely N-dealkylation sites (N-methyl/N-ethyl adjacent to an activating group) is 1. The quantitative estimate of drug-likeness (QED) is 0.781. The first-order chi connectivity index (χ1) is 11.9. The van der Waals surface area contributed by atoms with Gasteiger partial charge in [0, 0.05) is 13.1 Å². The van der Waals surface area contributed by atoms with E-state index in [9.17, 15) is 4.79 Å². The van der Waals surface area contributed by atoms with Gasteiger partial charge in [-0.3, -0.25) is 9.89 Å². The lowest BCUT2D eigenvalue weighted by molar-refractivity contribution is -0.125. The van der Waals surface area contributed by atoms with Crippen LogP contribution in [0, 0.1) is 6.92 Å². The minimum Gasteiger partial charge on any atom is -0.493 e. The minimum atomic E-state index is -0.135. The summed E-state index contributed by atoms with van der Waals surface area (Å²) in [5.41, 5.74) is 0.850. The Morgan fingerprint density at radius 2 is 2.12 bits per heavy atom. The number of methoxy groups -OCH3 is 1. The number of hydrogen-bond acceptors (Lipinski definition) is 5. The smallest absolute Gasteiger partial charge is 0.246 e. The van der Waals surface area contributed by atoms with Gasteiger partial charge in [-0.05, 0) is 44.5 Å². The molecule has 2 aromatic rings. The molecule has 0 aliphatic heterocycles. The molecule has 1 aromatic heterocycles. The van der Waals surface area contributed by atoms with Crippen LogP contribution in [-0.2, 0) is 11.3 Å². The number of nitrogens with zero attached hydrogens (tertiary/aromatic N) is 3. The first-order valence-corrected chi connectivity index (χ1v) is 8.04. The maximum atomic E-state index is 12.2. The Labute approximate surface area is 147 Å². The molecule has 7 heteroatoms. The van der Waals surface area contributed by atoms with Crippen molar-refractivity contribution in [1.82, 2.24) is 20.1 Å². The largest absolute Gasteiger partial charge is 0.493 e.